The van der Waals surface area contributed by atoms with Gasteiger partial charge in [0.2, 0.25) is 0 Å². The highest BCUT2D eigenvalue weighted by Gasteiger charge is 2.34. The van der Waals surface area contributed by atoms with Crippen molar-refractivity contribution in [3.63, 3.8) is 0 Å². The summed E-state index contributed by atoms with van der Waals surface area (Å²) in [7, 11) is 0. The van der Waals surface area contributed by atoms with E-state index in [-0.39, 0.29) is 11.7 Å². The summed E-state index contributed by atoms with van der Waals surface area (Å²) in [5.74, 6) is 0.644. The maximum atomic E-state index is 11.7. The van der Waals surface area contributed by atoms with E-state index in [0.717, 1.165) is 19.7 Å². The zero-order valence-corrected chi connectivity index (χ0v) is 11.9. The van der Waals surface area contributed by atoms with Gasteiger partial charge >= 0.3 is 0 Å². The second kappa shape index (κ2) is 4.75. The molecule has 3 heterocycles. The monoisotopic (exact) mass is 313 g/mol. The summed E-state index contributed by atoms with van der Waals surface area (Å²) in [5, 5.41) is 0. The highest BCUT2D eigenvalue weighted by Crippen LogP contribution is 2.28. The lowest BCUT2D eigenvalue weighted by atomic mass is 10.2. The first kappa shape index (κ1) is 12.3. The second-order valence-corrected chi connectivity index (χ2v) is 5.76. The number of H-pyrrole nitrogens is 1. The number of hydrogen-bond acceptors (Lipinski definition) is 4. The van der Waals surface area contributed by atoms with Crippen LogP contribution in [0.4, 0.5) is 0 Å². The number of rotatable bonds is 1. The van der Waals surface area contributed by atoms with Gasteiger partial charge in [0.05, 0.1) is 12.3 Å². The molecule has 0 aliphatic carbocycles. The predicted octanol–water partition coefficient (Wildman–Crippen LogP) is 1.38. The third-order valence-electron chi connectivity index (χ3n) is 3.74. The lowest BCUT2D eigenvalue weighted by molar-refractivity contribution is -0.0543. The van der Waals surface area contributed by atoms with Gasteiger partial charge in [-0.3, -0.25) is 9.69 Å². The first-order valence-electron chi connectivity index (χ1n) is 6.27. The lowest BCUT2D eigenvalue weighted by Crippen LogP contribution is -2.43. The fourth-order valence-corrected chi connectivity index (χ4v) is 2.92. The SMILES string of the molecule is Cc1nc(C2CN3CCCC3CO2)[nH]c(=O)c1Br. The molecule has 6 heteroatoms. The van der Waals surface area contributed by atoms with Gasteiger partial charge in [-0.1, -0.05) is 0 Å². The Balaban J connectivity index is 1.85. The number of halogens is 1. The van der Waals surface area contributed by atoms with Crippen molar-refractivity contribution in [2.24, 2.45) is 0 Å². The van der Waals surface area contributed by atoms with Gasteiger partial charge in [-0.05, 0) is 42.2 Å². The van der Waals surface area contributed by atoms with Crippen LogP contribution in [-0.4, -0.2) is 40.6 Å². The molecule has 2 aliphatic rings. The molecule has 2 saturated heterocycles. The number of nitrogens with one attached hydrogen (secondary N) is 1. The maximum Gasteiger partial charge on any atom is 0.265 e. The number of hydrogen-bond donors (Lipinski definition) is 1. The molecule has 2 fully saturated rings. The van der Waals surface area contributed by atoms with Crippen LogP contribution in [0.1, 0.15) is 30.5 Å². The van der Waals surface area contributed by atoms with Crippen LogP contribution >= 0.6 is 15.9 Å². The van der Waals surface area contributed by atoms with Crippen molar-refractivity contribution < 1.29 is 4.74 Å². The fourth-order valence-electron chi connectivity index (χ4n) is 2.73. The zero-order valence-electron chi connectivity index (χ0n) is 10.3. The zero-order chi connectivity index (χ0) is 12.7. The maximum absolute atomic E-state index is 11.7. The van der Waals surface area contributed by atoms with Gasteiger partial charge in [-0.2, -0.15) is 0 Å². The van der Waals surface area contributed by atoms with Crippen molar-refractivity contribution >= 4 is 15.9 Å². The Morgan fingerprint density at radius 1 is 1.56 bits per heavy atom. The molecule has 18 heavy (non-hydrogen) atoms. The third kappa shape index (κ3) is 2.13. The Bertz CT molecular complexity index is 517. The van der Waals surface area contributed by atoms with E-state index < -0.39 is 0 Å². The largest absolute Gasteiger partial charge is 0.367 e. The van der Waals surface area contributed by atoms with Gasteiger partial charge in [-0.25, -0.2) is 4.98 Å². The summed E-state index contributed by atoms with van der Waals surface area (Å²) >= 11 is 3.22. The van der Waals surface area contributed by atoms with Crippen molar-refractivity contribution in [1.82, 2.24) is 14.9 Å². The summed E-state index contributed by atoms with van der Waals surface area (Å²) < 4.78 is 6.34. The molecule has 1 aromatic rings. The molecule has 0 bridgehead atoms. The minimum absolute atomic E-state index is 0.112. The van der Waals surface area contributed by atoms with Gasteiger partial charge in [0.15, 0.2) is 0 Å². The average Bonchev–Trinajstić information content (AvgIpc) is 2.82. The predicted molar refractivity (Wildman–Crippen MR) is 70.6 cm³/mol. The number of nitrogens with zero attached hydrogens (tertiary/aromatic N) is 2. The molecule has 2 atom stereocenters. The summed E-state index contributed by atoms with van der Waals surface area (Å²) in [5.41, 5.74) is 0.575. The molecule has 0 saturated carbocycles. The summed E-state index contributed by atoms with van der Waals surface area (Å²) in [6.45, 7) is 4.52. The fraction of sp³-hybridized carbons (Fsp3) is 0.667. The van der Waals surface area contributed by atoms with E-state index in [2.05, 4.69) is 30.8 Å². The molecule has 0 amide bonds. The Hall–Kier alpha value is -0.720. The molecular weight excluding hydrogens is 298 g/mol. The van der Waals surface area contributed by atoms with Crippen molar-refractivity contribution in [1.29, 1.82) is 0 Å². The van der Waals surface area contributed by atoms with E-state index in [0.29, 0.717) is 22.0 Å². The van der Waals surface area contributed by atoms with E-state index in [1.54, 1.807) is 0 Å². The van der Waals surface area contributed by atoms with Crippen molar-refractivity contribution in [3.8, 4) is 0 Å². The third-order valence-corrected chi connectivity index (χ3v) is 4.67. The van der Waals surface area contributed by atoms with E-state index >= 15 is 0 Å². The molecule has 0 aromatic carbocycles. The number of aromatic amines is 1. The number of aromatic nitrogens is 2. The minimum atomic E-state index is -0.135. The van der Waals surface area contributed by atoms with Crippen LogP contribution < -0.4 is 5.56 Å². The first-order chi connectivity index (χ1) is 8.65. The first-order valence-corrected chi connectivity index (χ1v) is 7.06. The Kier molecular flexibility index (Phi) is 3.25. The second-order valence-electron chi connectivity index (χ2n) is 4.96. The Labute approximate surface area is 114 Å². The molecule has 2 aliphatic heterocycles. The lowest BCUT2D eigenvalue weighted by Gasteiger charge is -2.34. The van der Waals surface area contributed by atoms with E-state index in [4.69, 9.17) is 4.74 Å². The quantitative estimate of drug-likeness (QED) is 0.851. The molecule has 1 aromatic heterocycles. The number of fused-ring (bicyclic) bond motifs is 1. The van der Waals surface area contributed by atoms with Crippen LogP contribution in [0.25, 0.3) is 0 Å². The van der Waals surface area contributed by atoms with Crippen molar-refractivity contribution in [2.75, 3.05) is 19.7 Å². The summed E-state index contributed by atoms with van der Waals surface area (Å²) in [6.07, 6.45) is 2.35. The highest BCUT2D eigenvalue weighted by molar-refractivity contribution is 9.10. The molecule has 3 rings (SSSR count). The number of aryl methyl sites for hydroxylation is 1. The molecule has 0 radical (unpaired) electrons. The van der Waals surface area contributed by atoms with Gasteiger partial charge in [-0.15, -0.1) is 0 Å². The molecule has 0 spiro atoms. The Morgan fingerprint density at radius 3 is 3.17 bits per heavy atom. The van der Waals surface area contributed by atoms with Crippen LogP contribution in [0.2, 0.25) is 0 Å². The van der Waals surface area contributed by atoms with Gasteiger partial charge in [0, 0.05) is 12.6 Å². The van der Waals surface area contributed by atoms with Gasteiger partial charge in [0.1, 0.15) is 16.4 Å². The molecule has 5 nitrogen and oxygen atoms in total. The van der Waals surface area contributed by atoms with Crippen molar-refractivity contribution in [2.45, 2.75) is 31.9 Å². The Morgan fingerprint density at radius 2 is 2.39 bits per heavy atom. The van der Waals surface area contributed by atoms with E-state index in [1.807, 2.05) is 6.92 Å². The summed E-state index contributed by atoms with van der Waals surface area (Å²) in [6, 6.07) is 0.560. The van der Waals surface area contributed by atoms with Crippen LogP contribution in [0, 0.1) is 6.92 Å². The van der Waals surface area contributed by atoms with Crippen LogP contribution in [0.3, 0.4) is 0 Å². The molecule has 2 unspecified atom stereocenters. The number of morpholine rings is 1. The highest BCUT2D eigenvalue weighted by atomic mass is 79.9. The normalized spacial score (nSPS) is 28.3. The molecule has 1 N–H and O–H groups in total. The van der Waals surface area contributed by atoms with Crippen LogP contribution in [-0.2, 0) is 4.74 Å². The standard InChI is InChI=1S/C12H16BrN3O2/c1-7-10(13)12(17)15-11(14-7)9-5-16-4-2-3-8(16)6-18-9/h8-9H,2-6H2,1H3,(H,14,15,17). The average molecular weight is 314 g/mol. The van der Waals surface area contributed by atoms with E-state index in [9.17, 15) is 4.79 Å². The smallest absolute Gasteiger partial charge is 0.265 e. The molecule has 98 valence electrons. The summed E-state index contributed by atoms with van der Waals surface area (Å²) in [4.78, 5) is 21.4. The number of ether oxygens (including phenoxy) is 1. The minimum Gasteiger partial charge on any atom is -0.367 e. The topological polar surface area (TPSA) is 58.2 Å². The van der Waals surface area contributed by atoms with Crippen LogP contribution in [0.5, 0.6) is 0 Å². The van der Waals surface area contributed by atoms with Gasteiger partial charge < -0.3 is 9.72 Å². The molecular formula is C12H16BrN3O2. The van der Waals surface area contributed by atoms with E-state index in [1.165, 1.54) is 12.8 Å². The van der Waals surface area contributed by atoms with Crippen molar-refractivity contribution in [3.05, 3.63) is 26.3 Å². The van der Waals surface area contributed by atoms with Crippen LogP contribution in [0.15, 0.2) is 9.27 Å². The van der Waals surface area contributed by atoms with Gasteiger partial charge in [0.25, 0.3) is 5.56 Å².